The molecule has 32 heavy (non-hydrogen) atoms. The highest BCUT2D eigenvalue weighted by Gasteiger charge is 2.79. The Labute approximate surface area is 191 Å². The van der Waals surface area contributed by atoms with Crippen LogP contribution in [0.3, 0.4) is 0 Å². The number of hydrogen-bond acceptors (Lipinski definition) is 5. The maximum absolute atomic E-state index is 13.9. The van der Waals surface area contributed by atoms with Crippen molar-refractivity contribution < 1.29 is 24.2 Å². The predicted molar refractivity (Wildman–Crippen MR) is 121 cm³/mol. The topological polar surface area (TPSA) is 108 Å². The lowest BCUT2D eigenvalue weighted by Crippen LogP contribution is -2.59. The Kier molecular flexibility index (Phi) is 7.55. The van der Waals surface area contributed by atoms with Crippen molar-refractivity contribution in [3.8, 4) is 0 Å². The highest BCUT2D eigenvalue weighted by Crippen LogP contribution is 2.64. The lowest BCUT2D eigenvalue weighted by molar-refractivity contribution is -0.152. The van der Waals surface area contributed by atoms with Crippen LogP contribution in [0.25, 0.3) is 0 Å². The number of aliphatic hydroxyl groups is 1. The molecule has 3 saturated heterocycles. The minimum absolute atomic E-state index is 0.0465. The van der Waals surface area contributed by atoms with Crippen molar-refractivity contribution >= 4 is 17.7 Å². The van der Waals surface area contributed by atoms with Crippen LogP contribution in [0.15, 0.2) is 0 Å². The first-order valence-corrected chi connectivity index (χ1v) is 12.4. The van der Waals surface area contributed by atoms with Crippen LogP contribution in [-0.4, -0.2) is 70.7 Å². The Balaban J connectivity index is 2.06. The molecule has 3 aliphatic heterocycles. The zero-order valence-electron chi connectivity index (χ0n) is 20.3. The first-order valence-electron chi connectivity index (χ1n) is 12.4. The Morgan fingerprint density at radius 3 is 2.38 bits per heavy atom. The van der Waals surface area contributed by atoms with Crippen LogP contribution in [0, 0.1) is 17.8 Å². The molecule has 1 spiro atoms. The van der Waals surface area contributed by atoms with Gasteiger partial charge in [0, 0.05) is 13.1 Å². The van der Waals surface area contributed by atoms with Gasteiger partial charge in [0.2, 0.25) is 17.7 Å². The second kappa shape index (κ2) is 9.67. The summed E-state index contributed by atoms with van der Waals surface area (Å²) in [5.41, 5.74) is -1.75. The van der Waals surface area contributed by atoms with Gasteiger partial charge in [-0.2, -0.15) is 0 Å². The fraction of sp³-hybridized carbons (Fsp3) is 0.875. The lowest BCUT2D eigenvalue weighted by atomic mass is 9.65. The average molecular weight is 452 g/mol. The van der Waals surface area contributed by atoms with E-state index in [4.69, 9.17) is 4.74 Å². The van der Waals surface area contributed by atoms with Crippen molar-refractivity contribution in [3.05, 3.63) is 0 Å². The summed E-state index contributed by atoms with van der Waals surface area (Å²) in [6.07, 6.45) is 4.42. The van der Waals surface area contributed by atoms with Gasteiger partial charge >= 0.3 is 0 Å². The monoisotopic (exact) mass is 451 g/mol. The van der Waals surface area contributed by atoms with E-state index in [0.717, 1.165) is 19.3 Å². The predicted octanol–water partition coefficient (Wildman–Crippen LogP) is 1.60. The average Bonchev–Trinajstić information content (AvgIpc) is 3.36. The van der Waals surface area contributed by atoms with Crippen LogP contribution < -0.4 is 10.6 Å². The molecule has 0 aromatic carbocycles. The second-order valence-electron chi connectivity index (χ2n) is 10.0. The molecule has 8 nitrogen and oxygen atoms in total. The summed E-state index contributed by atoms with van der Waals surface area (Å²) < 4.78 is 6.68. The van der Waals surface area contributed by atoms with Gasteiger partial charge in [0.25, 0.3) is 0 Å². The SMILES string of the molecule is CCCCNC(=O)C1N([C@@H](CO)C(C)C)C(=O)[C@@H]2[C@H](C(=O)NCCC)[C@]3(CC)CCC12O3. The Morgan fingerprint density at radius 2 is 1.81 bits per heavy atom. The number of ether oxygens (including phenoxy) is 1. The fourth-order valence-corrected chi connectivity index (χ4v) is 6.17. The maximum atomic E-state index is 13.9. The maximum Gasteiger partial charge on any atom is 0.245 e. The number of amides is 3. The van der Waals surface area contributed by atoms with Gasteiger partial charge in [-0.05, 0) is 38.0 Å². The van der Waals surface area contributed by atoms with Gasteiger partial charge in [0.15, 0.2) is 0 Å². The lowest BCUT2D eigenvalue weighted by Gasteiger charge is -2.38. The van der Waals surface area contributed by atoms with Crippen LogP contribution >= 0.6 is 0 Å². The van der Waals surface area contributed by atoms with Crippen LogP contribution in [0.4, 0.5) is 0 Å². The third-order valence-corrected chi connectivity index (χ3v) is 7.84. The van der Waals surface area contributed by atoms with Crippen molar-refractivity contribution in [2.45, 2.75) is 96.4 Å². The van der Waals surface area contributed by atoms with Crippen molar-refractivity contribution in [2.24, 2.45) is 17.8 Å². The molecule has 0 aromatic rings. The fourth-order valence-electron chi connectivity index (χ4n) is 6.17. The summed E-state index contributed by atoms with van der Waals surface area (Å²) >= 11 is 0. The van der Waals surface area contributed by atoms with E-state index >= 15 is 0 Å². The zero-order chi connectivity index (χ0) is 23.7. The van der Waals surface area contributed by atoms with Crippen molar-refractivity contribution in [1.29, 1.82) is 0 Å². The van der Waals surface area contributed by atoms with Crippen molar-refractivity contribution in [2.75, 3.05) is 19.7 Å². The third-order valence-electron chi connectivity index (χ3n) is 7.84. The number of aliphatic hydroxyl groups excluding tert-OH is 1. The molecule has 2 unspecified atom stereocenters. The molecule has 3 aliphatic rings. The molecule has 0 radical (unpaired) electrons. The van der Waals surface area contributed by atoms with Crippen molar-refractivity contribution in [3.63, 3.8) is 0 Å². The normalized spacial score (nSPS) is 34.2. The summed E-state index contributed by atoms with van der Waals surface area (Å²) in [6.45, 7) is 10.7. The molecule has 6 atom stereocenters. The van der Waals surface area contributed by atoms with Gasteiger partial charge in [-0.1, -0.05) is 41.0 Å². The zero-order valence-corrected chi connectivity index (χ0v) is 20.3. The molecule has 0 aliphatic carbocycles. The Morgan fingerprint density at radius 1 is 1.12 bits per heavy atom. The molecule has 3 fully saturated rings. The number of carbonyl (C=O) groups is 3. The molecular formula is C24H41N3O5. The Bertz CT molecular complexity index is 728. The van der Waals surface area contributed by atoms with E-state index in [2.05, 4.69) is 17.6 Å². The smallest absolute Gasteiger partial charge is 0.245 e. The van der Waals surface area contributed by atoms with Crippen molar-refractivity contribution in [1.82, 2.24) is 15.5 Å². The molecule has 3 N–H and O–H groups in total. The van der Waals surface area contributed by atoms with E-state index in [-0.39, 0.29) is 30.2 Å². The highest BCUT2D eigenvalue weighted by molar-refractivity contribution is 5.99. The summed E-state index contributed by atoms with van der Waals surface area (Å²) in [5.74, 6) is -2.01. The van der Waals surface area contributed by atoms with Gasteiger partial charge in [-0.15, -0.1) is 0 Å². The number of nitrogens with zero attached hydrogens (tertiary/aromatic N) is 1. The van der Waals surface area contributed by atoms with E-state index < -0.39 is 35.1 Å². The van der Waals surface area contributed by atoms with E-state index in [1.807, 2.05) is 27.7 Å². The molecule has 0 aromatic heterocycles. The van der Waals surface area contributed by atoms with E-state index in [1.165, 1.54) is 0 Å². The number of unbranched alkanes of at least 4 members (excludes halogenated alkanes) is 1. The molecule has 3 heterocycles. The standard InChI is InChI=1S/C24H41N3O5/c1-6-9-13-26-21(30)19-24-11-10-23(8-3,32-24)17(20(29)25-12-7-2)18(24)22(31)27(19)16(14-28)15(4)5/h15-19,28H,6-14H2,1-5H3,(H,25,29)(H,26,30)/t16-,17+,18-,19?,23-,24?/m0/s1. The minimum Gasteiger partial charge on any atom is -0.394 e. The number of nitrogens with one attached hydrogen (secondary N) is 2. The molecule has 3 amide bonds. The van der Waals surface area contributed by atoms with E-state index in [1.54, 1.807) is 4.90 Å². The quantitative estimate of drug-likeness (QED) is 0.414. The molecule has 2 bridgehead atoms. The second-order valence-corrected chi connectivity index (χ2v) is 10.0. The summed E-state index contributed by atoms with van der Waals surface area (Å²) in [5, 5.41) is 16.1. The van der Waals surface area contributed by atoms with Gasteiger partial charge in [-0.25, -0.2) is 0 Å². The van der Waals surface area contributed by atoms with Gasteiger partial charge < -0.3 is 25.4 Å². The summed E-state index contributed by atoms with van der Waals surface area (Å²) in [4.78, 5) is 42.3. The third kappa shape index (κ3) is 3.73. The van der Waals surface area contributed by atoms with Crippen LogP contribution in [0.2, 0.25) is 0 Å². The van der Waals surface area contributed by atoms with E-state index in [9.17, 15) is 19.5 Å². The van der Waals surface area contributed by atoms with Gasteiger partial charge in [0.05, 0.1) is 30.1 Å². The largest absolute Gasteiger partial charge is 0.394 e. The molecular weight excluding hydrogens is 410 g/mol. The molecule has 0 saturated carbocycles. The van der Waals surface area contributed by atoms with E-state index in [0.29, 0.717) is 32.4 Å². The molecule has 182 valence electrons. The van der Waals surface area contributed by atoms with Crippen LogP contribution in [0.5, 0.6) is 0 Å². The van der Waals surface area contributed by atoms with Gasteiger partial charge in [0.1, 0.15) is 11.6 Å². The van der Waals surface area contributed by atoms with Crippen LogP contribution in [-0.2, 0) is 19.1 Å². The minimum atomic E-state index is -1.03. The summed E-state index contributed by atoms with van der Waals surface area (Å²) in [7, 11) is 0. The molecule has 8 heteroatoms. The highest BCUT2D eigenvalue weighted by atomic mass is 16.5. The van der Waals surface area contributed by atoms with Crippen LogP contribution in [0.1, 0.15) is 73.1 Å². The number of carbonyl (C=O) groups excluding carboxylic acids is 3. The molecule has 3 rings (SSSR count). The first kappa shape index (κ1) is 25.0. The summed E-state index contributed by atoms with van der Waals surface area (Å²) in [6, 6.07) is -1.35. The Hall–Kier alpha value is -1.67. The number of likely N-dealkylation sites (tertiary alicyclic amines) is 1. The number of rotatable bonds is 11. The van der Waals surface area contributed by atoms with Gasteiger partial charge in [-0.3, -0.25) is 14.4 Å². The first-order chi connectivity index (χ1) is 15.2. The number of hydrogen-bond donors (Lipinski definition) is 3. The number of fused-ring (bicyclic) bond motifs is 1.